The Morgan fingerprint density at radius 2 is 1.95 bits per heavy atom. The molecule has 2 N–H and O–H groups in total. The number of hydrogen-bond acceptors (Lipinski definition) is 3. The van der Waals surface area contributed by atoms with Crippen LogP contribution in [0.1, 0.15) is 45.6 Å². The standard InChI is InChI=1S/C17H29NO2/c1-5-15(18)11-14-8-9-16(17(12-14)19-4)20-10-6-7-13(2)3/h8-9,12-13,15H,5-7,10-11,18H2,1-4H3. The minimum atomic E-state index is 0.206. The van der Waals surface area contributed by atoms with Crippen LogP contribution in [0.3, 0.4) is 0 Å². The Balaban J connectivity index is 2.58. The van der Waals surface area contributed by atoms with Crippen LogP contribution in [0, 0.1) is 5.92 Å². The first kappa shape index (κ1) is 16.8. The quantitative estimate of drug-likeness (QED) is 0.699. The van der Waals surface area contributed by atoms with Gasteiger partial charge in [-0.2, -0.15) is 0 Å². The second-order valence-electron chi connectivity index (χ2n) is 5.74. The van der Waals surface area contributed by atoms with E-state index in [0.29, 0.717) is 0 Å². The highest BCUT2D eigenvalue weighted by Gasteiger charge is 2.08. The summed E-state index contributed by atoms with van der Waals surface area (Å²) in [7, 11) is 1.68. The largest absolute Gasteiger partial charge is 0.493 e. The molecule has 0 bridgehead atoms. The molecule has 114 valence electrons. The van der Waals surface area contributed by atoms with E-state index in [9.17, 15) is 0 Å². The van der Waals surface area contributed by atoms with Crippen molar-refractivity contribution >= 4 is 0 Å². The van der Waals surface area contributed by atoms with Gasteiger partial charge in [0.05, 0.1) is 13.7 Å². The van der Waals surface area contributed by atoms with Crippen LogP contribution < -0.4 is 15.2 Å². The van der Waals surface area contributed by atoms with Crippen molar-refractivity contribution in [3.05, 3.63) is 23.8 Å². The summed E-state index contributed by atoms with van der Waals surface area (Å²) in [4.78, 5) is 0. The minimum Gasteiger partial charge on any atom is -0.493 e. The van der Waals surface area contributed by atoms with Crippen LogP contribution in [0.2, 0.25) is 0 Å². The Morgan fingerprint density at radius 3 is 2.55 bits per heavy atom. The molecular formula is C17H29NO2. The van der Waals surface area contributed by atoms with Gasteiger partial charge in [-0.15, -0.1) is 0 Å². The molecule has 0 saturated heterocycles. The normalized spacial score (nSPS) is 12.5. The number of methoxy groups -OCH3 is 1. The highest BCUT2D eigenvalue weighted by atomic mass is 16.5. The van der Waals surface area contributed by atoms with Crippen LogP contribution in [-0.4, -0.2) is 19.8 Å². The van der Waals surface area contributed by atoms with E-state index < -0.39 is 0 Å². The fourth-order valence-electron chi connectivity index (χ4n) is 2.08. The lowest BCUT2D eigenvalue weighted by molar-refractivity contribution is 0.279. The van der Waals surface area contributed by atoms with Gasteiger partial charge in [0.15, 0.2) is 11.5 Å². The molecule has 0 aliphatic carbocycles. The molecule has 1 aromatic carbocycles. The van der Waals surface area contributed by atoms with E-state index in [1.54, 1.807) is 7.11 Å². The van der Waals surface area contributed by atoms with Crippen molar-refractivity contribution in [3.63, 3.8) is 0 Å². The number of hydrogen-bond donors (Lipinski definition) is 1. The van der Waals surface area contributed by atoms with E-state index in [2.05, 4.69) is 26.8 Å². The van der Waals surface area contributed by atoms with E-state index in [1.807, 2.05) is 12.1 Å². The molecule has 0 fully saturated rings. The van der Waals surface area contributed by atoms with Crippen LogP contribution in [0.5, 0.6) is 11.5 Å². The Bertz CT molecular complexity index is 391. The van der Waals surface area contributed by atoms with Gasteiger partial charge in [-0.1, -0.05) is 26.8 Å². The van der Waals surface area contributed by atoms with E-state index in [-0.39, 0.29) is 6.04 Å². The average molecular weight is 279 g/mol. The molecule has 0 heterocycles. The van der Waals surface area contributed by atoms with Gasteiger partial charge in [0.25, 0.3) is 0 Å². The van der Waals surface area contributed by atoms with Crippen LogP contribution in [-0.2, 0) is 6.42 Å². The van der Waals surface area contributed by atoms with Gasteiger partial charge < -0.3 is 15.2 Å². The Kier molecular flexibility index (Phi) is 7.45. The molecule has 0 aliphatic rings. The van der Waals surface area contributed by atoms with E-state index in [1.165, 1.54) is 12.0 Å². The molecule has 1 atom stereocenters. The molecule has 0 aliphatic heterocycles. The predicted octanol–water partition coefficient (Wildman–Crippen LogP) is 3.79. The molecule has 1 rings (SSSR count). The first-order valence-corrected chi connectivity index (χ1v) is 7.62. The van der Waals surface area contributed by atoms with Crippen molar-refractivity contribution < 1.29 is 9.47 Å². The summed E-state index contributed by atoms with van der Waals surface area (Å²) in [5, 5.41) is 0. The van der Waals surface area contributed by atoms with Crippen LogP contribution in [0.4, 0.5) is 0 Å². The highest BCUT2D eigenvalue weighted by Crippen LogP contribution is 2.28. The zero-order chi connectivity index (χ0) is 15.0. The molecule has 1 unspecified atom stereocenters. The van der Waals surface area contributed by atoms with E-state index in [0.717, 1.165) is 43.3 Å². The maximum absolute atomic E-state index is 5.99. The van der Waals surface area contributed by atoms with Gasteiger partial charge in [0.2, 0.25) is 0 Å². The SMILES string of the molecule is CCC(N)Cc1ccc(OCCCC(C)C)c(OC)c1. The van der Waals surface area contributed by atoms with Crippen molar-refractivity contribution in [1.82, 2.24) is 0 Å². The minimum absolute atomic E-state index is 0.206. The second kappa shape index (κ2) is 8.85. The lowest BCUT2D eigenvalue weighted by atomic mass is 10.0. The van der Waals surface area contributed by atoms with Crippen molar-refractivity contribution in [2.75, 3.05) is 13.7 Å². The maximum atomic E-state index is 5.99. The third-order valence-electron chi connectivity index (χ3n) is 3.43. The molecule has 0 saturated carbocycles. The van der Waals surface area contributed by atoms with Gasteiger partial charge >= 0.3 is 0 Å². The summed E-state index contributed by atoms with van der Waals surface area (Å²) in [6, 6.07) is 6.31. The highest BCUT2D eigenvalue weighted by molar-refractivity contribution is 5.43. The summed E-state index contributed by atoms with van der Waals surface area (Å²) in [6.45, 7) is 7.30. The molecule has 20 heavy (non-hydrogen) atoms. The van der Waals surface area contributed by atoms with Crippen LogP contribution in [0.15, 0.2) is 18.2 Å². The second-order valence-corrected chi connectivity index (χ2v) is 5.74. The average Bonchev–Trinajstić information content (AvgIpc) is 2.44. The summed E-state index contributed by atoms with van der Waals surface area (Å²) < 4.78 is 11.2. The molecule has 0 spiro atoms. The summed E-state index contributed by atoms with van der Waals surface area (Å²) in [6.07, 6.45) is 4.12. The molecule has 0 amide bonds. The summed E-state index contributed by atoms with van der Waals surface area (Å²) in [5.74, 6) is 2.35. The van der Waals surface area contributed by atoms with Gasteiger partial charge in [0.1, 0.15) is 0 Å². The van der Waals surface area contributed by atoms with Crippen LogP contribution in [0.25, 0.3) is 0 Å². The van der Waals surface area contributed by atoms with E-state index in [4.69, 9.17) is 15.2 Å². The zero-order valence-corrected chi connectivity index (χ0v) is 13.3. The molecule has 0 aromatic heterocycles. The fraction of sp³-hybridized carbons (Fsp3) is 0.647. The Morgan fingerprint density at radius 1 is 1.20 bits per heavy atom. The Hall–Kier alpha value is -1.22. The number of ether oxygens (including phenoxy) is 2. The van der Waals surface area contributed by atoms with Crippen LogP contribution >= 0.6 is 0 Å². The van der Waals surface area contributed by atoms with Gasteiger partial charge in [0, 0.05) is 6.04 Å². The lowest BCUT2D eigenvalue weighted by Crippen LogP contribution is -2.21. The lowest BCUT2D eigenvalue weighted by Gasteiger charge is -2.14. The van der Waals surface area contributed by atoms with Crippen molar-refractivity contribution in [2.45, 2.75) is 52.5 Å². The monoisotopic (exact) mass is 279 g/mol. The smallest absolute Gasteiger partial charge is 0.161 e. The number of nitrogens with two attached hydrogens (primary N) is 1. The summed E-state index contributed by atoms with van der Waals surface area (Å²) >= 11 is 0. The molecular weight excluding hydrogens is 250 g/mol. The van der Waals surface area contributed by atoms with Gasteiger partial charge in [-0.25, -0.2) is 0 Å². The van der Waals surface area contributed by atoms with Crippen molar-refractivity contribution in [2.24, 2.45) is 11.7 Å². The predicted molar refractivity (Wildman–Crippen MR) is 84.5 cm³/mol. The van der Waals surface area contributed by atoms with Crippen molar-refractivity contribution in [1.29, 1.82) is 0 Å². The molecule has 3 heteroatoms. The fourth-order valence-corrected chi connectivity index (χ4v) is 2.08. The Labute approximate surface area is 123 Å². The number of benzene rings is 1. The third kappa shape index (κ3) is 5.83. The number of rotatable bonds is 9. The van der Waals surface area contributed by atoms with E-state index >= 15 is 0 Å². The van der Waals surface area contributed by atoms with Crippen molar-refractivity contribution in [3.8, 4) is 11.5 Å². The topological polar surface area (TPSA) is 44.5 Å². The molecule has 1 aromatic rings. The maximum Gasteiger partial charge on any atom is 0.161 e. The first-order chi connectivity index (χ1) is 9.56. The van der Waals surface area contributed by atoms with Gasteiger partial charge in [-0.3, -0.25) is 0 Å². The molecule has 0 radical (unpaired) electrons. The summed E-state index contributed by atoms with van der Waals surface area (Å²) in [5.41, 5.74) is 7.19. The molecule has 3 nitrogen and oxygen atoms in total. The van der Waals surface area contributed by atoms with Gasteiger partial charge in [-0.05, 0) is 49.3 Å². The first-order valence-electron chi connectivity index (χ1n) is 7.62. The third-order valence-corrected chi connectivity index (χ3v) is 3.43. The zero-order valence-electron chi connectivity index (χ0n) is 13.3.